The molecule has 0 fully saturated rings. The van der Waals surface area contributed by atoms with Crippen LogP contribution < -0.4 is 5.32 Å². The molecule has 0 saturated heterocycles. The van der Waals surface area contributed by atoms with Gasteiger partial charge < -0.3 is 5.32 Å². The third-order valence-electron chi connectivity index (χ3n) is 2.33. The Labute approximate surface area is 104 Å². The number of thiazole rings is 1. The van der Waals surface area contributed by atoms with Crippen LogP contribution in [-0.4, -0.2) is 35.9 Å². The number of fused-ring (bicyclic) bond motifs is 1. The zero-order valence-electron chi connectivity index (χ0n) is 9.75. The average molecular weight is 273 g/mol. The molecule has 17 heavy (non-hydrogen) atoms. The highest BCUT2D eigenvalue weighted by Crippen LogP contribution is 2.11. The highest BCUT2D eigenvalue weighted by molar-refractivity contribution is 7.90. The number of nitrogens with one attached hydrogen (secondary N) is 1. The van der Waals surface area contributed by atoms with Crippen molar-refractivity contribution in [3.63, 3.8) is 0 Å². The first kappa shape index (κ1) is 12.5. The van der Waals surface area contributed by atoms with Gasteiger partial charge in [-0.15, -0.1) is 11.3 Å². The van der Waals surface area contributed by atoms with Crippen LogP contribution in [0.5, 0.6) is 0 Å². The van der Waals surface area contributed by atoms with Gasteiger partial charge in [0, 0.05) is 36.6 Å². The fourth-order valence-electron chi connectivity index (χ4n) is 1.65. The lowest BCUT2D eigenvalue weighted by molar-refractivity contribution is 0.557. The Bertz CT molecular complexity index is 571. The molecule has 5 nitrogen and oxygen atoms in total. The monoisotopic (exact) mass is 273 g/mol. The first-order valence-corrected chi connectivity index (χ1v) is 8.20. The summed E-state index contributed by atoms with van der Waals surface area (Å²) < 4.78 is 24.2. The second-order valence-electron chi connectivity index (χ2n) is 4.20. The van der Waals surface area contributed by atoms with E-state index in [2.05, 4.69) is 10.3 Å². The van der Waals surface area contributed by atoms with Crippen molar-refractivity contribution in [3.05, 3.63) is 23.5 Å². The van der Waals surface area contributed by atoms with Crippen LogP contribution in [0, 0.1) is 0 Å². The lowest BCUT2D eigenvalue weighted by Gasteiger charge is -2.10. The van der Waals surface area contributed by atoms with Gasteiger partial charge in [0.15, 0.2) is 4.96 Å². The van der Waals surface area contributed by atoms with E-state index in [0.29, 0.717) is 6.54 Å². The van der Waals surface area contributed by atoms with E-state index in [1.807, 2.05) is 29.1 Å². The molecule has 1 atom stereocenters. The molecule has 94 valence electrons. The van der Waals surface area contributed by atoms with E-state index in [1.165, 1.54) is 6.26 Å². The van der Waals surface area contributed by atoms with E-state index in [0.717, 1.165) is 10.7 Å². The maximum Gasteiger partial charge on any atom is 0.193 e. The number of nitrogens with zero attached hydrogens (tertiary/aromatic N) is 2. The van der Waals surface area contributed by atoms with E-state index in [9.17, 15) is 8.42 Å². The van der Waals surface area contributed by atoms with Gasteiger partial charge >= 0.3 is 0 Å². The largest absolute Gasteiger partial charge is 0.308 e. The molecule has 7 heteroatoms. The van der Waals surface area contributed by atoms with Gasteiger partial charge in [-0.05, 0) is 6.92 Å². The predicted octanol–water partition coefficient (Wildman–Crippen LogP) is 0.918. The highest BCUT2D eigenvalue weighted by atomic mass is 32.2. The van der Waals surface area contributed by atoms with Gasteiger partial charge in [-0.2, -0.15) is 0 Å². The molecule has 2 aromatic rings. The van der Waals surface area contributed by atoms with E-state index in [4.69, 9.17) is 0 Å². The topological polar surface area (TPSA) is 63.5 Å². The quantitative estimate of drug-likeness (QED) is 0.880. The van der Waals surface area contributed by atoms with Crippen LogP contribution in [0.2, 0.25) is 0 Å². The third kappa shape index (κ3) is 3.52. The molecule has 1 unspecified atom stereocenters. The summed E-state index contributed by atoms with van der Waals surface area (Å²) in [7, 11) is -2.93. The SMILES string of the molecule is CC(CS(C)(=O)=O)NCc1cn2ccsc2n1. The van der Waals surface area contributed by atoms with Crippen LogP contribution in [0.25, 0.3) is 4.96 Å². The molecule has 2 aromatic heterocycles. The van der Waals surface area contributed by atoms with E-state index in [-0.39, 0.29) is 11.8 Å². The van der Waals surface area contributed by atoms with Crippen LogP contribution >= 0.6 is 11.3 Å². The lowest BCUT2D eigenvalue weighted by Crippen LogP contribution is -2.32. The molecule has 0 aromatic carbocycles. The first-order valence-electron chi connectivity index (χ1n) is 5.26. The minimum absolute atomic E-state index is 0.0651. The molecule has 0 spiro atoms. The number of aromatic nitrogens is 2. The normalized spacial score (nSPS) is 14.2. The summed E-state index contributed by atoms with van der Waals surface area (Å²) >= 11 is 1.58. The van der Waals surface area contributed by atoms with Crippen molar-refractivity contribution in [1.29, 1.82) is 0 Å². The smallest absolute Gasteiger partial charge is 0.193 e. The summed E-state index contributed by atoms with van der Waals surface area (Å²) in [5.74, 6) is 0.148. The fraction of sp³-hybridized carbons (Fsp3) is 0.500. The van der Waals surface area contributed by atoms with Crippen LogP contribution in [0.3, 0.4) is 0 Å². The van der Waals surface area contributed by atoms with Crippen molar-refractivity contribution < 1.29 is 8.42 Å². The molecule has 1 N–H and O–H groups in total. The Balaban J connectivity index is 1.92. The predicted molar refractivity (Wildman–Crippen MR) is 69.1 cm³/mol. The zero-order chi connectivity index (χ0) is 12.5. The van der Waals surface area contributed by atoms with E-state index >= 15 is 0 Å². The highest BCUT2D eigenvalue weighted by Gasteiger charge is 2.10. The molecule has 0 bridgehead atoms. The van der Waals surface area contributed by atoms with Gasteiger partial charge in [-0.1, -0.05) is 0 Å². The maximum atomic E-state index is 11.1. The standard InChI is InChI=1S/C10H15N3O2S2/c1-8(7-17(2,14)15)11-5-9-6-13-3-4-16-10(13)12-9/h3-4,6,8,11H,5,7H2,1-2H3. The number of sulfone groups is 1. The van der Waals surface area contributed by atoms with Crippen molar-refractivity contribution >= 4 is 26.1 Å². The minimum Gasteiger partial charge on any atom is -0.308 e. The molecular formula is C10H15N3O2S2. The Morgan fingerprint density at radius 3 is 3.00 bits per heavy atom. The number of rotatable bonds is 5. The van der Waals surface area contributed by atoms with E-state index < -0.39 is 9.84 Å². The summed E-state index contributed by atoms with van der Waals surface area (Å²) in [6, 6.07) is -0.0651. The second kappa shape index (κ2) is 4.75. The summed E-state index contributed by atoms with van der Waals surface area (Å²) in [6.45, 7) is 2.45. The van der Waals surface area contributed by atoms with Crippen molar-refractivity contribution in [1.82, 2.24) is 14.7 Å². The molecule has 0 aliphatic rings. The molecule has 0 aliphatic carbocycles. The summed E-state index contributed by atoms with van der Waals surface area (Å²) in [4.78, 5) is 5.37. The summed E-state index contributed by atoms with van der Waals surface area (Å²) in [5, 5.41) is 5.13. The molecular weight excluding hydrogens is 258 g/mol. The maximum absolute atomic E-state index is 11.1. The Kier molecular flexibility index (Phi) is 3.50. The van der Waals surface area contributed by atoms with Crippen LogP contribution in [0.1, 0.15) is 12.6 Å². The van der Waals surface area contributed by atoms with Crippen molar-refractivity contribution in [3.8, 4) is 0 Å². The molecule has 0 amide bonds. The van der Waals surface area contributed by atoms with Crippen molar-refractivity contribution in [2.24, 2.45) is 0 Å². The van der Waals surface area contributed by atoms with Gasteiger partial charge in [0.1, 0.15) is 9.84 Å². The van der Waals surface area contributed by atoms with Crippen LogP contribution in [0.4, 0.5) is 0 Å². The van der Waals surface area contributed by atoms with Crippen molar-refractivity contribution in [2.75, 3.05) is 12.0 Å². The Morgan fingerprint density at radius 2 is 2.35 bits per heavy atom. The molecule has 0 aliphatic heterocycles. The number of imidazole rings is 1. The van der Waals surface area contributed by atoms with Gasteiger partial charge in [0.25, 0.3) is 0 Å². The summed E-state index contributed by atoms with van der Waals surface area (Å²) in [6.07, 6.45) is 5.15. The molecule has 0 radical (unpaired) electrons. The second-order valence-corrected chi connectivity index (χ2v) is 7.26. The summed E-state index contributed by atoms with van der Waals surface area (Å²) in [5.41, 5.74) is 0.928. The van der Waals surface area contributed by atoms with Gasteiger partial charge in [-0.25, -0.2) is 13.4 Å². The van der Waals surface area contributed by atoms with Gasteiger partial charge in [0.2, 0.25) is 0 Å². The van der Waals surface area contributed by atoms with Crippen LogP contribution in [-0.2, 0) is 16.4 Å². The molecule has 2 rings (SSSR count). The molecule has 0 saturated carbocycles. The minimum atomic E-state index is -2.93. The Morgan fingerprint density at radius 1 is 1.59 bits per heavy atom. The Hall–Kier alpha value is -0.920. The first-order chi connectivity index (χ1) is 7.94. The number of hydrogen-bond donors (Lipinski definition) is 1. The lowest BCUT2D eigenvalue weighted by atomic mass is 10.3. The number of hydrogen-bond acceptors (Lipinski definition) is 5. The van der Waals surface area contributed by atoms with Crippen LogP contribution in [0.15, 0.2) is 17.8 Å². The third-order valence-corrected chi connectivity index (χ3v) is 4.20. The molecule has 2 heterocycles. The zero-order valence-corrected chi connectivity index (χ0v) is 11.4. The van der Waals surface area contributed by atoms with Gasteiger partial charge in [0.05, 0.1) is 11.4 Å². The van der Waals surface area contributed by atoms with E-state index in [1.54, 1.807) is 11.3 Å². The van der Waals surface area contributed by atoms with Gasteiger partial charge in [-0.3, -0.25) is 4.40 Å². The fourth-order valence-corrected chi connectivity index (χ4v) is 3.40. The average Bonchev–Trinajstić information content (AvgIpc) is 2.70. The van der Waals surface area contributed by atoms with Crippen molar-refractivity contribution in [2.45, 2.75) is 19.5 Å².